The van der Waals surface area contributed by atoms with Crippen LogP contribution < -0.4 is 14.4 Å². The summed E-state index contributed by atoms with van der Waals surface area (Å²) in [5.74, 6) is 0.358. The first-order valence-corrected chi connectivity index (χ1v) is 14.2. The van der Waals surface area contributed by atoms with Gasteiger partial charge in [0.05, 0.1) is 18.7 Å². The summed E-state index contributed by atoms with van der Waals surface area (Å²) in [6.45, 7) is 8.67. The van der Waals surface area contributed by atoms with Gasteiger partial charge in [0.15, 0.2) is 0 Å². The van der Waals surface area contributed by atoms with Crippen LogP contribution in [-0.4, -0.2) is 42.0 Å². The molecule has 202 valence electrons. The largest absolute Gasteiger partial charge is 0.493 e. The quantitative estimate of drug-likeness (QED) is 0.277. The van der Waals surface area contributed by atoms with Crippen LogP contribution in [0.1, 0.15) is 43.5 Å². The highest BCUT2D eigenvalue weighted by atomic mass is 32.2. The number of carboxylic acid groups (broad SMARTS) is 1. The molecular weight excluding hydrogens is 501 g/mol. The molecule has 0 atom stereocenters. The highest BCUT2D eigenvalue weighted by Gasteiger charge is 2.30. The average Bonchev–Trinajstić information content (AvgIpc) is 2.87. The number of hydrogen-bond donors (Lipinski definition) is 2. The molecule has 1 aromatic heterocycles. The van der Waals surface area contributed by atoms with Gasteiger partial charge in [-0.3, -0.25) is 4.79 Å². The van der Waals surface area contributed by atoms with Crippen LogP contribution in [0.4, 0.5) is 15.9 Å². The smallest absolute Gasteiger partial charge is 0.307 e. The van der Waals surface area contributed by atoms with Gasteiger partial charge in [0, 0.05) is 42.6 Å². The molecule has 3 aromatic rings. The van der Waals surface area contributed by atoms with Gasteiger partial charge < -0.3 is 19.5 Å². The first kappa shape index (κ1) is 27.8. The van der Waals surface area contributed by atoms with Gasteiger partial charge in [0.2, 0.25) is 0 Å². The first-order valence-electron chi connectivity index (χ1n) is 12.9. The second-order valence-electron chi connectivity index (χ2n) is 10.5. The van der Waals surface area contributed by atoms with Gasteiger partial charge in [0.25, 0.3) is 0 Å². The SMILES string of the molecule is CSNc1nc(C)c(CC(=O)O)c(N2CCC(C)(C)CC2)c1-c1ccc(OCCc2ccc(F)cc2)cc1. The maximum atomic E-state index is 13.1. The van der Waals surface area contributed by atoms with Crippen LogP contribution in [0.15, 0.2) is 48.5 Å². The number of nitrogens with zero attached hydrogens (tertiary/aromatic N) is 2. The number of aryl methyl sites for hydroxylation is 1. The molecule has 0 radical (unpaired) electrons. The number of carboxylic acids is 1. The molecule has 0 aliphatic carbocycles. The monoisotopic (exact) mass is 537 g/mol. The summed E-state index contributed by atoms with van der Waals surface area (Å²) in [6.07, 6.45) is 4.62. The third-order valence-electron chi connectivity index (χ3n) is 7.15. The molecule has 2 N–H and O–H groups in total. The number of ether oxygens (including phenoxy) is 1. The zero-order valence-electron chi connectivity index (χ0n) is 22.5. The molecule has 8 heteroatoms. The van der Waals surface area contributed by atoms with Crippen LogP contribution in [0.2, 0.25) is 0 Å². The molecule has 0 amide bonds. The lowest BCUT2D eigenvalue weighted by Gasteiger charge is -2.40. The van der Waals surface area contributed by atoms with Crippen molar-refractivity contribution >= 4 is 29.4 Å². The number of aliphatic carboxylic acids is 1. The Bertz CT molecular complexity index is 1250. The zero-order valence-corrected chi connectivity index (χ0v) is 23.3. The highest BCUT2D eigenvalue weighted by Crippen LogP contribution is 2.44. The minimum Gasteiger partial charge on any atom is -0.493 e. The second kappa shape index (κ2) is 12.1. The van der Waals surface area contributed by atoms with E-state index in [2.05, 4.69) is 23.5 Å². The molecule has 6 nitrogen and oxygen atoms in total. The predicted molar refractivity (Wildman–Crippen MR) is 154 cm³/mol. The number of halogens is 1. The summed E-state index contributed by atoms with van der Waals surface area (Å²) in [6, 6.07) is 14.3. The number of benzene rings is 2. The van der Waals surface area contributed by atoms with E-state index in [9.17, 15) is 14.3 Å². The van der Waals surface area contributed by atoms with Crippen molar-refractivity contribution in [1.29, 1.82) is 0 Å². The first-order chi connectivity index (χ1) is 18.2. The maximum absolute atomic E-state index is 13.1. The Morgan fingerprint density at radius 1 is 1.13 bits per heavy atom. The van der Waals surface area contributed by atoms with Crippen molar-refractivity contribution in [2.24, 2.45) is 5.41 Å². The molecule has 0 saturated carbocycles. The molecule has 1 aliphatic rings. The van der Waals surface area contributed by atoms with E-state index >= 15 is 0 Å². The van der Waals surface area contributed by atoms with E-state index in [0.29, 0.717) is 13.0 Å². The molecule has 1 fully saturated rings. The Morgan fingerprint density at radius 2 is 1.79 bits per heavy atom. The normalized spacial score (nSPS) is 14.8. The van der Waals surface area contributed by atoms with E-state index in [0.717, 1.165) is 71.1 Å². The van der Waals surface area contributed by atoms with Crippen LogP contribution in [0.5, 0.6) is 5.75 Å². The van der Waals surface area contributed by atoms with E-state index in [1.54, 1.807) is 12.1 Å². The number of nitrogens with one attached hydrogen (secondary N) is 1. The Balaban J connectivity index is 1.66. The molecule has 1 aliphatic heterocycles. The fraction of sp³-hybridized carbons (Fsp3) is 0.400. The summed E-state index contributed by atoms with van der Waals surface area (Å²) in [5, 5.41) is 9.74. The Kier molecular flexibility index (Phi) is 8.82. The van der Waals surface area contributed by atoms with Crippen molar-refractivity contribution in [3.63, 3.8) is 0 Å². The van der Waals surface area contributed by atoms with Gasteiger partial charge in [-0.1, -0.05) is 50.1 Å². The molecule has 38 heavy (non-hydrogen) atoms. The summed E-state index contributed by atoms with van der Waals surface area (Å²) in [5.41, 5.74) is 5.59. The summed E-state index contributed by atoms with van der Waals surface area (Å²) in [4.78, 5) is 19.0. The number of carbonyl (C=O) groups is 1. The van der Waals surface area contributed by atoms with Crippen LogP contribution in [-0.2, 0) is 17.6 Å². The molecule has 2 heterocycles. The minimum absolute atomic E-state index is 0.0782. The Labute approximate surface area is 228 Å². The van der Waals surface area contributed by atoms with E-state index in [4.69, 9.17) is 9.72 Å². The number of anilines is 2. The van der Waals surface area contributed by atoms with E-state index < -0.39 is 5.97 Å². The van der Waals surface area contributed by atoms with Crippen molar-refractivity contribution in [3.05, 3.63) is 71.2 Å². The Hall–Kier alpha value is -3.26. The van der Waals surface area contributed by atoms with E-state index in [1.807, 2.05) is 37.4 Å². The summed E-state index contributed by atoms with van der Waals surface area (Å²) in [7, 11) is 0. The lowest BCUT2D eigenvalue weighted by Crippen LogP contribution is -2.38. The van der Waals surface area contributed by atoms with Crippen molar-refractivity contribution in [1.82, 2.24) is 4.98 Å². The van der Waals surface area contributed by atoms with Gasteiger partial charge in [-0.2, -0.15) is 0 Å². The van der Waals surface area contributed by atoms with E-state index in [1.165, 1.54) is 24.1 Å². The number of hydrogen-bond acceptors (Lipinski definition) is 6. The van der Waals surface area contributed by atoms with Crippen molar-refractivity contribution in [3.8, 4) is 16.9 Å². The van der Waals surface area contributed by atoms with Crippen molar-refractivity contribution in [2.75, 3.05) is 35.6 Å². The lowest BCUT2D eigenvalue weighted by atomic mass is 9.82. The number of aromatic nitrogens is 1. The minimum atomic E-state index is -0.866. The van der Waals surface area contributed by atoms with E-state index in [-0.39, 0.29) is 17.7 Å². The molecular formula is C30H36FN3O3S. The van der Waals surface area contributed by atoms with Crippen LogP contribution in [0.25, 0.3) is 11.1 Å². The van der Waals surface area contributed by atoms with Crippen LogP contribution >= 0.6 is 11.9 Å². The standard InChI is InChI=1S/C30H36FN3O3S/c1-20-25(19-26(35)36)28(34-16-14-30(2,3)15-17-34)27(29(32-20)33-38-4)22-7-11-24(12-8-22)37-18-13-21-5-9-23(31)10-6-21/h5-12H,13-19H2,1-4H3,(H,32,33)(H,35,36). The molecule has 2 aromatic carbocycles. The number of rotatable bonds is 10. The van der Waals surface area contributed by atoms with Gasteiger partial charge in [-0.15, -0.1) is 0 Å². The number of piperidine rings is 1. The predicted octanol–water partition coefficient (Wildman–Crippen LogP) is 6.76. The van der Waals surface area contributed by atoms with Crippen molar-refractivity contribution < 1.29 is 19.0 Å². The lowest BCUT2D eigenvalue weighted by molar-refractivity contribution is -0.136. The van der Waals surface area contributed by atoms with Gasteiger partial charge in [0.1, 0.15) is 17.4 Å². The van der Waals surface area contributed by atoms with Gasteiger partial charge in [-0.25, -0.2) is 9.37 Å². The van der Waals surface area contributed by atoms with Crippen LogP contribution in [0.3, 0.4) is 0 Å². The zero-order chi connectivity index (χ0) is 27.3. The van der Waals surface area contributed by atoms with Gasteiger partial charge >= 0.3 is 5.97 Å². The molecule has 1 saturated heterocycles. The fourth-order valence-corrected chi connectivity index (χ4v) is 5.21. The maximum Gasteiger partial charge on any atom is 0.307 e. The van der Waals surface area contributed by atoms with Gasteiger partial charge in [-0.05, 0) is 60.6 Å². The molecule has 4 rings (SSSR count). The second-order valence-corrected chi connectivity index (χ2v) is 11.1. The summed E-state index contributed by atoms with van der Waals surface area (Å²) >= 11 is 1.46. The third kappa shape index (κ3) is 6.78. The molecule has 0 unspecified atom stereocenters. The highest BCUT2D eigenvalue weighted by molar-refractivity contribution is 7.99. The Morgan fingerprint density at radius 3 is 2.39 bits per heavy atom. The topological polar surface area (TPSA) is 74.7 Å². The third-order valence-corrected chi connectivity index (χ3v) is 7.55. The fourth-order valence-electron chi connectivity index (χ4n) is 4.87. The van der Waals surface area contributed by atoms with Crippen molar-refractivity contribution in [2.45, 2.75) is 46.5 Å². The van der Waals surface area contributed by atoms with Crippen LogP contribution in [0, 0.1) is 18.2 Å². The average molecular weight is 538 g/mol. The summed E-state index contributed by atoms with van der Waals surface area (Å²) < 4.78 is 22.4. The molecule has 0 bridgehead atoms. The molecule has 0 spiro atoms. The number of pyridine rings is 1.